The Kier molecular flexibility index (Phi) is 24.8. The normalized spacial score (nSPS) is 12.0. The maximum Gasteiger partial charge on any atom is 0.410 e. The second kappa shape index (κ2) is 26.5. The minimum atomic E-state index is -0.696. The first-order chi connectivity index (χ1) is 25.8. The highest BCUT2D eigenvalue weighted by Gasteiger charge is 2.26. The van der Waals surface area contributed by atoms with Crippen LogP contribution in [0.15, 0.2) is 0 Å². The highest BCUT2D eigenvalue weighted by atomic mass is 16.6. The average molecular weight is 800 g/mol. The van der Waals surface area contributed by atoms with E-state index in [4.69, 9.17) is 18.9 Å². The number of nitrogens with zero attached hydrogens (tertiary/aromatic N) is 3. The minimum Gasteiger partial charge on any atom is -0.444 e. The van der Waals surface area contributed by atoms with Gasteiger partial charge in [0.05, 0.1) is 0 Å². The van der Waals surface area contributed by atoms with E-state index in [1.165, 1.54) is 19.3 Å². The monoisotopic (exact) mass is 800 g/mol. The van der Waals surface area contributed by atoms with Crippen LogP contribution >= 0.6 is 0 Å². The molecule has 0 rings (SSSR count). The molecule has 0 aliphatic heterocycles. The fourth-order valence-electron chi connectivity index (χ4n) is 5.35. The number of carbonyl (C=O) groups excluding carboxylic acids is 5. The summed E-state index contributed by atoms with van der Waals surface area (Å²) in [5.74, 6) is 0.0294. The third kappa shape index (κ3) is 30.7. The maximum absolute atomic E-state index is 13.3. The third-order valence-electron chi connectivity index (χ3n) is 7.87. The Morgan fingerprint density at radius 1 is 0.411 bits per heavy atom. The highest BCUT2D eigenvalue weighted by Crippen LogP contribution is 2.15. The van der Waals surface area contributed by atoms with Gasteiger partial charge in [-0.05, 0) is 122 Å². The van der Waals surface area contributed by atoms with Crippen LogP contribution in [0.1, 0.15) is 167 Å². The van der Waals surface area contributed by atoms with E-state index in [1.807, 2.05) is 62.3 Å². The second-order valence-electron chi connectivity index (χ2n) is 18.5. The van der Waals surface area contributed by atoms with E-state index in [-0.39, 0.29) is 5.91 Å². The molecule has 14 heteroatoms. The molecule has 56 heavy (non-hydrogen) atoms. The van der Waals surface area contributed by atoms with Gasteiger partial charge in [-0.25, -0.2) is 19.2 Å². The van der Waals surface area contributed by atoms with Crippen molar-refractivity contribution in [3.05, 3.63) is 0 Å². The third-order valence-corrected chi connectivity index (χ3v) is 7.87. The first-order valence-electron chi connectivity index (χ1n) is 21.0. The van der Waals surface area contributed by atoms with Crippen molar-refractivity contribution >= 4 is 30.3 Å². The molecular formula is C42H81N5O9. The Labute approximate surface area is 339 Å². The molecule has 0 aliphatic carbocycles. The number of nitrogens with one attached hydrogen (secondary N) is 2. The maximum atomic E-state index is 13.3. The van der Waals surface area contributed by atoms with Crippen LogP contribution in [-0.4, -0.2) is 120 Å². The lowest BCUT2D eigenvalue weighted by Crippen LogP contribution is -2.42. The van der Waals surface area contributed by atoms with Gasteiger partial charge in [-0.15, -0.1) is 0 Å². The van der Waals surface area contributed by atoms with E-state index in [0.717, 1.165) is 19.3 Å². The number of amides is 5. The molecule has 0 spiro atoms. The second-order valence-corrected chi connectivity index (χ2v) is 18.5. The lowest BCUT2D eigenvalue weighted by molar-refractivity contribution is -0.121. The van der Waals surface area contributed by atoms with Gasteiger partial charge in [-0.3, -0.25) is 4.79 Å². The standard InChI is InChI=1S/C42H81N5O9/c1-14-15-16-17-18-19-25-34(48)43-26-22-30-47(38(52)56-42(11,12)13)33-24-32-46(37(51)55-41(8,9)10)29-21-20-28-45(36(50)54-40(5,6)7)31-23-27-44-35(49)53-39(2,3)4/h14-33H2,1-13H3,(H,43,48)(H,44,49). The van der Waals surface area contributed by atoms with Gasteiger partial charge in [0.25, 0.3) is 0 Å². The van der Waals surface area contributed by atoms with Crippen molar-refractivity contribution in [2.75, 3.05) is 52.4 Å². The van der Waals surface area contributed by atoms with Gasteiger partial charge >= 0.3 is 24.4 Å². The Morgan fingerprint density at radius 3 is 1.14 bits per heavy atom. The summed E-state index contributed by atoms with van der Waals surface area (Å²) in [6.45, 7) is 26.9. The number of rotatable bonds is 24. The molecular weight excluding hydrogens is 718 g/mol. The van der Waals surface area contributed by atoms with E-state index in [1.54, 1.807) is 35.5 Å². The summed E-state index contributed by atoms with van der Waals surface area (Å²) in [6.07, 6.45) is 8.12. The van der Waals surface area contributed by atoms with Crippen LogP contribution in [0.4, 0.5) is 19.2 Å². The van der Waals surface area contributed by atoms with E-state index >= 15 is 0 Å². The predicted octanol–water partition coefficient (Wildman–Crippen LogP) is 9.04. The molecule has 0 aliphatic rings. The minimum absolute atomic E-state index is 0.0294. The number of alkyl carbamates (subject to hydrolysis) is 1. The zero-order valence-electron chi connectivity index (χ0n) is 37.7. The molecule has 328 valence electrons. The van der Waals surface area contributed by atoms with E-state index in [9.17, 15) is 24.0 Å². The number of carbonyl (C=O) groups is 5. The molecule has 0 heterocycles. The van der Waals surface area contributed by atoms with Crippen molar-refractivity contribution in [1.29, 1.82) is 0 Å². The molecule has 0 saturated carbocycles. The summed E-state index contributed by atoms with van der Waals surface area (Å²) in [5.41, 5.74) is -2.65. The quantitative estimate of drug-likeness (QED) is 0.0719. The SMILES string of the molecule is CCCCCCCCC(=O)NCCCN(CCCN(CCCCN(CCCNC(=O)OC(C)(C)C)C(=O)OC(C)(C)C)C(=O)OC(C)(C)C)C(=O)OC(C)(C)C. The molecule has 0 bridgehead atoms. The topological polar surface area (TPSA) is 156 Å². The van der Waals surface area contributed by atoms with Crippen LogP contribution in [0.5, 0.6) is 0 Å². The van der Waals surface area contributed by atoms with E-state index in [0.29, 0.717) is 90.9 Å². The molecule has 0 radical (unpaired) electrons. The molecule has 0 unspecified atom stereocenters. The van der Waals surface area contributed by atoms with Crippen molar-refractivity contribution < 1.29 is 42.9 Å². The molecule has 0 aromatic heterocycles. The fourth-order valence-corrected chi connectivity index (χ4v) is 5.35. The molecule has 0 aromatic carbocycles. The van der Waals surface area contributed by atoms with Gasteiger partial charge in [-0.2, -0.15) is 0 Å². The predicted molar refractivity (Wildman–Crippen MR) is 222 cm³/mol. The van der Waals surface area contributed by atoms with Gasteiger partial charge in [0, 0.05) is 58.8 Å². The smallest absolute Gasteiger partial charge is 0.410 e. The van der Waals surface area contributed by atoms with Gasteiger partial charge in [0.1, 0.15) is 22.4 Å². The summed E-state index contributed by atoms with van der Waals surface area (Å²) in [4.78, 5) is 68.9. The molecule has 14 nitrogen and oxygen atoms in total. The molecule has 0 saturated heterocycles. The van der Waals surface area contributed by atoms with Crippen molar-refractivity contribution in [2.24, 2.45) is 0 Å². The van der Waals surface area contributed by atoms with Crippen LogP contribution in [0.3, 0.4) is 0 Å². The van der Waals surface area contributed by atoms with E-state index < -0.39 is 46.8 Å². The summed E-state index contributed by atoms with van der Waals surface area (Å²) in [5, 5.41) is 5.70. The Morgan fingerprint density at radius 2 is 0.750 bits per heavy atom. The van der Waals surface area contributed by atoms with E-state index in [2.05, 4.69) is 17.6 Å². The first-order valence-corrected chi connectivity index (χ1v) is 21.0. The largest absolute Gasteiger partial charge is 0.444 e. The van der Waals surface area contributed by atoms with Crippen molar-refractivity contribution in [1.82, 2.24) is 25.3 Å². The van der Waals surface area contributed by atoms with Crippen molar-refractivity contribution in [2.45, 2.75) is 189 Å². The molecule has 2 N–H and O–H groups in total. The van der Waals surface area contributed by atoms with Crippen LogP contribution < -0.4 is 10.6 Å². The van der Waals surface area contributed by atoms with Crippen molar-refractivity contribution in [3.63, 3.8) is 0 Å². The van der Waals surface area contributed by atoms with Crippen LogP contribution in [0.25, 0.3) is 0 Å². The lowest BCUT2D eigenvalue weighted by atomic mass is 10.1. The zero-order valence-corrected chi connectivity index (χ0v) is 37.7. The molecule has 5 amide bonds. The zero-order chi connectivity index (χ0) is 43.0. The number of hydrogen-bond donors (Lipinski definition) is 2. The van der Waals surface area contributed by atoms with Crippen molar-refractivity contribution in [3.8, 4) is 0 Å². The van der Waals surface area contributed by atoms with Crippen LogP contribution in [-0.2, 0) is 23.7 Å². The first kappa shape index (κ1) is 52.6. The summed E-state index contributed by atoms with van der Waals surface area (Å²) in [7, 11) is 0. The van der Waals surface area contributed by atoms with Gasteiger partial charge in [0.15, 0.2) is 0 Å². The number of unbranched alkanes of at least 4 members (excludes halogenated alkanes) is 6. The Bertz CT molecular complexity index is 1150. The van der Waals surface area contributed by atoms with Crippen LogP contribution in [0.2, 0.25) is 0 Å². The Balaban J connectivity index is 5.37. The highest BCUT2D eigenvalue weighted by molar-refractivity contribution is 5.75. The van der Waals surface area contributed by atoms with Gasteiger partial charge in [0.2, 0.25) is 5.91 Å². The average Bonchev–Trinajstić information content (AvgIpc) is 3.02. The summed E-state index contributed by atoms with van der Waals surface area (Å²) in [6, 6.07) is 0. The number of ether oxygens (including phenoxy) is 4. The summed E-state index contributed by atoms with van der Waals surface area (Å²) < 4.78 is 22.3. The molecule has 0 aromatic rings. The van der Waals surface area contributed by atoms with Gasteiger partial charge in [-0.1, -0.05) is 39.0 Å². The molecule has 0 atom stereocenters. The summed E-state index contributed by atoms with van der Waals surface area (Å²) >= 11 is 0. The van der Waals surface area contributed by atoms with Crippen LogP contribution in [0, 0.1) is 0 Å². The fraction of sp³-hybridized carbons (Fsp3) is 0.881. The lowest BCUT2D eigenvalue weighted by Gasteiger charge is -2.30. The van der Waals surface area contributed by atoms with Gasteiger partial charge < -0.3 is 44.3 Å². The Hall–Kier alpha value is -3.45. The molecule has 0 fully saturated rings. The number of hydrogen-bond acceptors (Lipinski definition) is 9.